The number of hydrogen-bond donors (Lipinski definition) is 4. The van der Waals surface area contributed by atoms with Crippen molar-refractivity contribution in [2.24, 2.45) is 0 Å². The van der Waals surface area contributed by atoms with E-state index in [1.54, 1.807) is 0 Å². The molecule has 0 spiro atoms. The molecule has 0 saturated carbocycles. The molecular formula is C12H11NO5. The summed E-state index contributed by atoms with van der Waals surface area (Å²) in [6.07, 6.45) is -2.00. The number of aliphatic carboxylic acids is 1. The van der Waals surface area contributed by atoms with Crippen molar-refractivity contribution in [3.63, 3.8) is 0 Å². The summed E-state index contributed by atoms with van der Waals surface area (Å²) in [6.45, 7) is 0. The lowest BCUT2D eigenvalue weighted by atomic mass is 10.0. The van der Waals surface area contributed by atoms with Crippen LogP contribution in [-0.2, 0) is 4.79 Å². The topological polar surface area (TPSA) is 111 Å². The quantitative estimate of drug-likeness (QED) is 0.612. The maximum atomic E-state index is 11.5. The minimum atomic E-state index is -1.90. The highest BCUT2D eigenvalue weighted by atomic mass is 16.4. The minimum absolute atomic E-state index is 0.177. The van der Waals surface area contributed by atoms with Gasteiger partial charge in [0.15, 0.2) is 11.5 Å². The second-order valence-electron chi connectivity index (χ2n) is 3.87. The zero-order valence-electron chi connectivity index (χ0n) is 9.20. The fraction of sp³-hybridized carbons (Fsp3) is 0.167. The van der Waals surface area contributed by atoms with E-state index in [2.05, 4.69) is 4.98 Å². The van der Waals surface area contributed by atoms with Crippen LogP contribution in [0.1, 0.15) is 11.7 Å². The average Bonchev–Trinajstić information content (AvgIpc) is 2.36. The molecule has 0 aliphatic carbocycles. The molecule has 6 nitrogen and oxygen atoms in total. The Morgan fingerprint density at radius 1 is 1.22 bits per heavy atom. The molecular weight excluding hydrogens is 238 g/mol. The van der Waals surface area contributed by atoms with Crippen molar-refractivity contribution in [2.45, 2.75) is 12.2 Å². The normalized spacial score (nSPS) is 14.3. The van der Waals surface area contributed by atoms with Gasteiger partial charge in [-0.05, 0) is 17.7 Å². The Kier molecular flexibility index (Phi) is 3.14. The smallest absolute Gasteiger partial charge is 0.335 e. The fourth-order valence-corrected chi connectivity index (χ4v) is 1.69. The molecule has 0 aliphatic heterocycles. The van der Waals surface area contributed by atoms with Gasteiger partial charge in [-0.1, -0.05) is 6.07 Å². The molecule has 1 aromatic carbocycles. The van der Waals surface area contributed by atoms with Gasteiger partial charge in [0, 0.05) is 23.2 Å². The lowest BCUT2D eigenvalue weighted by Gasteiger charge is -2.14. The third kappa shape index (κ3) is 2.11. The number of H-pyrrole nitrogens is 1. The SMILES string of the molecule is O=C(O)C(O)C(O)c1ccc2c(=O)cc[nH]c2c1. The van der Waals surface area contributed by atoms with Gasteiger partial charge < -0.3 is 20.3 Å². The molecule has 0 saturated heterocycles. The molecule has 0 bridgehead atoms. The molecule has 6 heteroatoms. The molecule has 0 aliphatic rings. The predicted octanol–water partition coefficient (Wildman–Crippen LogP) is 0.00700. The first-order valence-electron chi connectivity index (χ1n) is 5.21. The van der Waals surface area contributed by atoms with Crippen molar-refractivity contribution in [1.82, 2.24) is 4.98 Å². The first-order chi connectivity index (χ1) is 8.50. The molecule has 1 heterocycles. The van der Waals surface area contributed by atoms with E-state index in [1.165, 1.54) is 30.5 Å². The van der Waals surface area contributed by atoms with Crippen LogP contribution in [0, 0.1) is 0 Å². The maximum absolute atomic E-state index is 11.5. The van der Waals surface area contributed by atoms with E-state index in [4.69, 9.17) is 5.11 Å². The number of hydrogen-bond acceptors (Lipinski definition) is 4. The molecule has 2 rings (SSSR count). The lowest BCUT2D eigenvalue weighted by molar-refractivity contribution is -0.153. The molecule has 18 heavy (non-hydrogen) atoms. The van der Waals surface area contributed by atoms with Crippen LogP contribution >= 0.6 is 0 Å². The number of pyridine rings is 1. The Labute approximate surface area is 101 Å². The average molecular weight is 249 g/mol. The largest absolute Gasteiger partial charge is 0.479 e. The zero-order chi connectivity index (χ0) is 13.3. The van der Waals surface area contributed by atoms with E-state index in [0.29, 0.717) is 10.9 Å². The van der Waals surface area contributed by atoms with E-state index < -0.39 is 18.2 Å². The molecule has 2 unspecified atom stereocenters. The van der Waals surface area contributed by atoms with Crippen LogP contribution < -0.4 is 5.43 Å². The van der Waals surface area contributed by atoms with Crippen LogP contribution in [0.5, 0.6) is 0 Å². The molecule has 2 atom stereocenters. The number of aliphatic hydroxyl groups excluding tert-OH is 2. The summed E-state index contributed by atoms with van der Waals surface area (Å²) in [6, 6.07) is 5.69. The fourth-order valence-electron chi connectivity index (χ4n) is 1.69. The van der Waals surface area contributed by atoms with Crippen molar-refractivity contribution in [3.05, 3.63) is 46.2 Å². The van der Waals surface area contributed by atoms with E-state index >= 15 is 0 Å². The molecule has 0 fully saturated rings. The van der Waals surface area contributed by atoms with Crippen LogP contribution in [-0.4, -0.2) is 32.4 Å². The third-order valence-corrected chi connectivity index (χ3v) is 2.68. The van der Waals surface area contributed by atoms with Crippen molar-refractivity contribution < 1.29 is 20.1 Å². The number of carboxylic acids is 1. The number of aromatic amines is 1. The van der Waals surface area contributed by atoms with Gasteiger partial charge in [-0.25, -0.2) is 4.79 Å². The summed E-state index contributed by atoms with van der Waals surface area (Å²) in [5.41, 5.74) is 0.513. The maximum Gasteiger partial charge on any atom is 0.335 e. The Bertz CT molecular complexity index is 648. The molecule has 94 valence electrons. The van der Waals surface area contributed by atoms with Crippen LogP contribution in [0.4, 0.5) is 0 Å². The van der Waals surface area contributed by atoms with Crippen LogP contribution in [0.3, 0.4) is 0 Å². The van der Waals surface area contributed by atoms with Crippen molar-refractivity contribution in [1.29, 1.82) is 0 Å². The Balaban J connectivity index is 2.48. The second-order valence-corrected chi connectivity index (χ2v) is 3.87. The highest BCUT2D eigenvalue weighted by Crippen LogP contribution is 2.20. The molecule has 2 aromatic rings. The van der Waals surface area contributed by atoms with Crippen molar-refractivity contribution in [2.75, 3.05) is 0 Å². The summed E-state index contributed by atoms with van der Waals surface area (Å²) >= 11 is 0. The highest BCUT2D eigenvalue weighted by Gasteiger charge is 2.25. The third-order valence-electron chi connectivity index (χ3n) is 2.68. The monoisotopic (exact) mass is 249 g/mol. The van der Waals surface area contributed by atoms with Crippen LogP contribution in [0.2, 0.25) is 0 Å². The van der Waals surface area contributed by atoms with Gasteiger partial charge in [-0.2, -0.15) is 0 Å². The lowest BCUT2D eigenvalue weighted by Crippen LogP contribution is -2.27. The Morgan fingerprint density at radius 2 is 1.94 bits per heavy atom. The number of aromatic nitrogens is 1. The molecule has 4 N–H and O–H groups in total. The zero-order valence-corrected chi connectivity index (χ0v) is 9.20. The van der Waals surface area contributed by atoms with E-state index in [9.17, 15) is 19.8 Å². The van der Waals surface area contributed by atoms with Gasteiger partial charge in [-0.3, -0.25) is 4.79 Å². The van der Waals surface area contributed by atoms with Crippen LogP contribution in [0.25, 0.3) is 10.9 Å². The first-order valence-corrected chi connectivity index (χ1v) is 5.21. The number of rotatable bonds is 3. The Morgan fingerprint density at radius 3 is 2.61 bits per heavy atom. The van der Waals surface area contributed by atoms with Crippen molar-refractivity contribution >= 4 is 16.9 Å². The molecule has 0 radical (unpaired) electrons. The number of carboxylic acid groups (broad SMARTS) is 1. The summed E-state index contributed by atoms with van der Waals surface area (Å²) in [5, 5.41) is 28.0. The van der Waals surface area contributed by atoms with Crippen molar-refractivity contribution in [3.8, 4) is 0 Å². The van der Waals surface area contributed by atoms with Gasteiger partial charge in [0.1, 0.15) is 6.10 Å². The molecule has 1 aromatic heterocycles. The summed E-state index contributed by atoms with van der Waals surface area (Å²) in [4.78, 5) is 24.9. The Hall–Kier alpha value is -2.18. The summed E-state index contributed by atoms with van der Waals surface area (Å²) < 4.78 is 0. The second kappa shape index (κ2) is 4.59. The summed E-state index contributed by atoms with van der Waals surface area (Å²) in [7, 11) is 0. The van der Waals surface area contributed by atoms with Crippen LogP contribution in [0.15, 0.2) is 35.3 Å². The first kappa shape index (κ1) is 12.3. The minimum Gasteiger partial charge on any atom is -0.479 e. The standard InChI is InChI=1S/C12H11NO5/c14-9-3-4-13-8-5-6(1-2-7(8)9)10(15)11(16)12(17)18/h1-5,10-11,15-16H,(H,13,14)(H,17,18). The van der Waals surface area contributed by atoms with Gasteiger partial charge in [0.05, 0.1) is 0 Å². The van der Waals surface area contributed by atoms with E-state index in [-0.39, 0.29) is 11.0 Å². The summed E-state index contributed by atoms with van der Waals surface area (Å²) in [5.74, 6) is -1.51. The number of nitrogens with one attached hydrogen (secondary N) is 1. The van der Waals surface area contributed by atoms with E-state index in [0.717, 1.165) is 0 Å². The van der Waals surface area contributed by atoms with E-state index in [1.807, 2.05) is 0 Å². The predicted molar refractivity (Wildman–Crippen MR) is 63.2 cm³/mol. The number of carbonyl (C=O) groups is 1. The number of benzene rings is 1. The number of aliphatic hydroxyl groups is 2. The van der Waals surface area contributed by atoms with Gasteiger partial charge in [0.25, 0.3) is 0 Å². The van der Waals surface area contributed by atoms with Gasteiger partial charge in [-0.15, -0.1) is 0 Å². The molecule has 0 amide bonds. The van der Waals surface area contributed by atoms with Gasteiger partial charge in [0.2, 0.25) is 0 Å². The highest BCUT2D eigenvalue weighted by molar-refractivity contribution is 5.79. The number of fused-ring (bicyclic) bond motifs is 1. The van der Waals surface area contributed by atoms with Gasteiger partial charge >= 0.3 is 5.97 Å².